The van der Waals surface area contributed by atoms with E-state index in [4.69, 9.17) is 5.73 Å². The second kappa shape index (κ2) is 5.12. The fraction of sp³-hybridized carbons (Fsp3) is 0.0769. The molecule has 0 aliphatic carbocycles. The number of aromatic nitrogens is 1. The predicted octanol–water partition coefficient (Wildman–Crippen LogP) is 1.79. The predicted molar refractivity (Wildman–Crippen MR) is 66.5 cm³/mol. The Hall–Kier alpha value is -2.36. The van der Waals surface area contributed by atoms with Gasteiger partial charge in [0.2, 0.25) is 0 Å². The number of amides is 1. The Morgan fingerprint density at radius 3 is 2.53 bits per heavy atom. The van der Waals surface area contributed by atoms with Gasteiger partial charge in [0.1, 0.15) is 5.69 Å². The number of nitrogens with zero attached hydrogens (tertiary/aromatic N) is 1. The molecule has 0 aliphatic heterocycles. The maximum absolute atomic E-state index is 10.8. The minimum Gasteiger partial charge on any atom is -0.380 e. The highest BCUT2D eigenvalue weighted by Gasteiger charge is 2.00. The maximum atomic E-state index is 10.8. The van der Waals surface area contributed by atoms with Crippen molar-refractivity contribution in [2.75, 3.05) is 5.32 Å². The van der Waals surface area contributed by atoms with E-state index >= 15 is 0 Å². The second-order valence-corrected chi connectivity index (χ2v) is 3.64. The lowest BCUT2D eigenvalue weighted by molar-refractivity contribution is 0.0995. The molecule has 0 bridgehead atoms. The van der Waals surface area contributed by atoms with Crippen LogP contribution in [0.3, 0.4) is 0 Å². The average molecular weight is 227 g/mol. The Kier molecular flexibility index (Phi) is 3.35. The van der Waals surface area contributed by atoms with Crippen LogP contribution in [0.5, 0.6) is 0 Å². The maximum Gasteiger partial charge on any atom is 0.267 e. The molecular weight excluding hydrogens is 214 g/mol. The molecule has 0 atom stereocenters. The van der Waals surface area contributed by atoms with E-state index < -0.39 is 5.91 Å². The van der Waals surface area contributed by atoms with Crippen LogP contribution in [0.1, 0.15) is 16.1 Å². The second-order valence-electron chi connectivity index (χ2n) is 3.64. The Morgan fingerprint density at radius 2 is 1.94 bits per heavy atom. The van der Waals surface area contributed by atoms with Crippen molar-refractivity contribution in [2.24, 2.45) is 5.73 Å². The molecule has 2 aromatic rings. The van der Waals surface area contributed by atoms with Crippen LogP contribution >= 0.6 is 0 Å². The van der Waals surface area contributed by atoms with Gasteiger partial charge in [-0.1, -0.05) is 30.3 Å². The molecule has 4 heteroatoms. The van der Waals surface area contributed by atoms with Crippen LogP contribution in [0.25, 0.3) is 0 Å². The molecule has 1 heterocycles. The third-order valence-corrected chi connectivity index (χ3v) is 2.36. The van der Waals surface area contributed by atoms with Crippen molar-refractivity contribution in [3.05, 3.63) is 59.9 Å². The van der Waals surface area contributed by atoms with Crippen LogP contribution in [0.4, 0.5) is 5.69 Å². The largest absolute Gasteiger partial charge is 0.380 e. The highest BCUT2D eigenvalue weighted by Crippen LogP contribution is 2.08. The van der Waals surface area contributed by atoms with Gasteiger partial charge in [-0.05, 0) is 17.7 Å². The van der Waals surface area contributed by atoms with Gasteiger partial charge in [-0.3, -0.25) is 4.79 Å². The summed E-state index contributed by atoms with van der Waals surface area (Å²) in [4.78, 5) is 14.8. The van der Waals surface area contributed by atoms with E-state index in [0.29, 0.717) is 0 Å². The van der Waals surface area contributed by atoms with Crippen molar-refractivity contribution >= 4 is 11.6 Å². The molecule has 0 saturated heterocycles. The van der Waals surface area contributed by atoms with Gasteiger partial charge in [-0.15, -0.1) is 0 Å². The third-order valence-electron chi connectivity index (χ3n) is 2.36. The molecule has 1 aromatic carbocycles. The van der Waals surface area contributed by atoms with Crippen molar-refractivity contribution in [2.45, 2.75) is 6.54 Å². The Balaban J connectivity index is 1.98. The fourth-order valence-electron chi connectivity index (χ4n) is 1.44. The zero-order chi connectivity index (χ0) is 12.1. The van der Waals surface area contributed by atoms with Gasteiger partial charge in [-0.25, -0.2) is 4.98 Å². The summed E-state index contributed by atoms with van der Waals surface area (Å²) >= 11 is 0. The highest BCUT2D eigenvalue weighted by molar-refractivity contribution is 5.90. The van der Waals surface area contributed by atoms with Gasteiger partial charge < -0.3 is 11.1 Å². The number of hydrogen-bond acceptors (Lipinski definition) is 3. The van der Waals surface area contributed by atoms with Crippen LogP contribution in [-0.2, 0) is 6.54 Å². The minimum atomic E-state index is -0.514. The quantitative estimate of drug-likeness (QED) is 0.836. The molecule has 86 valence electrons. The number of nitrogens with two attached hydrogens (primary N) is 1. The number of nitrogens with one attached hydrogen (secondary N) is 1. The van der Waals surface area contributed by atoms with E-state index in [2.05, 4.69) is 10.3 Å². The van der Waals surface area contributed by atoms with Crippen LogP contribution in [0.2, 0.25) is 0 Å². The van der Waals surface area contributed by atoms with Crippen LogP contribution in [0, 0.1) is 0 Å². The molecule has 17 heavy (non-hydrogen) atoms. The molecule has 1 aromatic heterocycles. The van der Waals surface area contributed by atoms with Crippen molar-refractivity contribution in [3.63, 3.8) is 0 Å². The molecule has 2 rings (SSSR count). The summed E-state index contributed by atoms with van der Waals surface area (Å²) in [5.74, 6) is -0.514. The lowest BCUT2D eigenvalue weighted by atomic mass is 10.2. The number of pyridine rings is 1. The summed E-state index contributed by atoms with van der Waals surface area (Å²) in [6.07, 6.45) is 1.60. The number of anilines is 1. The first-order valence-electron chi connectivity index (χ1n) is 5.29. The van der Waals surface area contributed by atoms with Crippen molar-refractivity contribution in [1.29, 1.82) is 0 Å². The normalized spacial score (nSPS) is 9.88. The third kappa shape index (κ3) is 3.04. The first-order valence-corrected chi connectivity index (χ1v) is 5.29. The average Bonchev–Trinajstić information content (AvgIpc) is 2.38. The standard InChI is InChI=1S/C13H13N3O/c14-13(17)12-7-6-11(9-16-12)15-8-10-4-2-1-3-5-10/h1-7,9,15H,8H2,(H2,14,17). The lowest BCUT2D eigenvalue weighted by Gasteiger charge is -2.06. The SMILES string of the molecule is NC(=O)c1ccc(NCc2ccccc2)cn1. The van der Waals surface area contributed by atoms with E-state index in [1.807, 2.05) is 30.3 Å². The smallest absolute Gasteiger partial charge is 0.267 e. The summed E-state index contributed by atoms with van der Waals surface area (Å²) in [6.45, 7) is 0.721. The molecule has 4 nitrogen and oxygen atoms in total. The van der Waals surface area contributed by atoms with Gasteiger partial charge >= 0.3 is 0 Å². The Bertz CT molecular complexity index is 494. The summed E-state index contributed by atoms with van der Waals surface area (Å²) in [5, 5.41) is 3.21. The Labute approximate surface area is 99.5 Å². The van der Waals surface area contributed by atoms with E-state index in [0.717, 1.165) is 12.2 Å². The van der Waals surface area contributed by atoms with Gasteiger partial charge in [0.05, 0.1) is 11.9 Å². The highest BCUT2D eigenvalue weighted by atomic mass is 16.1. The molecule has 0 spiro atoms. The number of rotatable bonds is 4. The molecular formula is C13H13N3O. The molecule has 3 N–H and O–H groups in total. The van der Waals surface area contributed by atoms with Crippen molar-refractivity contribution in [1.82, 2.24) is 4.98 Å². The molecule has 1 amide bonds. The minimum absolute atomic E-state index is 0.273. The van der Waals surface area contributed by atoms with Crippen molar-refractivity contribution in [3.8, 4) is 0 Å². The van der Waals surface area contributed by atoms with Gasteiger partial charge in [0.25, 0.3) is 5.91 Å². The summed E-state index contributed by atoms with van der Waals surface area (Å²) in [6, 6.07) is 13.4. The van der Waals surface area contributed by atoms with Crippen LogP contribution in [0.15, 0.2) is 48.7 Å². The lowest BCUT2D eigenvalue weighted by Crippen LogP contribution is -2.12. The van der Waals surface area contributed by atoms with Gasteiger partial charge in [0, 0.05) is 6.54 Å². The first-order chi connectivity index (χ1) is 8.25. The molecule has 0 unspecified atom stereocenters. The number of benzene rings is 1. The zero-order valence-electron chi connectivity index (χ0n) is 9.26. The molecule has 0 saturated carbocycles. The van der Waals surface area contributed by atoms with Gasteiger partial charge in [-0.2, -0.15) is 0 Å². The first kappa shape index (κ1) is 11.1. The van der Waals surface area contributed by atoms with Gasteiger partial charge in [0.15, 0.2) is 0 Å². The van der Waals surface area contributed by atoms with E-state index in [1.165, 1.54) is 5.56 Å². The van der Waals surface area contributed by atoms with E-state index in [9.17, 15) is 4.79 Å². The fourth-order valence-corrected chi connectivity index (χ4v) is 1.44. The topological polar surface area (TPSA) is 68.0 Å². The van der Waals surface area contributed by atoms with Crippen LogP contribution in [-0.4, -0.2) is 10.9 Å². The number of carbonyl (C=O) groups is 1. The Morgan fingerprint density at radius 1 is 1.18 bits per heavy atom. The summed E-state index contributed by atoms with van der Waals surface area (Å²) in [5.41, 5.74) is 7.43. The monoisotopic (exact) mass is 227 g/mol. The van der Waals surface area contributed by atoms with Crippen LogP contribution < -0.4 is 11.1 Å². The summed E-state index contributed by atoms with van der Waals surface area (Å²) in [7, 11) is 0. The van der Waals surface area contributed by atoms with E-state index in [-0.39, 0.29) is 5.69 Å². The molecule has 0 fully saturated rings. The number of primary amides is 1. The molecule has 0 aliphatic rings. The van der Waals surface area contributed by atoms with Crippen molar-refractivity contribution < 1.29 is 4.79 Å². The summed E-state index contributed by atoms with van der Waals surface area (Å²) < 4.78 is 0. The molecule has 0 radical (unpaired) electrons. The van der Waals surface area contributed by atoms with E-state index in [1.54, 1.807) is 18.3 Å². The zero-order valence-corrected chi connectivity index (χ0v) is 9.26. The number of hydrogen-bond donors (Lipinski definition) is 2. The number of carbonyl (C=O) groups excluding carboxylic acids is 1.